The fourth-order valence-corrected chi connectivity index (χ4v) is 1.75. The molecule has 1 heterocycles. The molecule has 1 aromatic rings. The topological polar surface area (TPSA) is 59.3 Å². The molecule has 0 aromatic carbocycles. The summed E-state index contributed by atoms with van der Waals surface area (Å²) in [6.45, 7) is 0. The molecule has 0 saturated heterocycles. The number of Topliss-reactive ketones (excluding diaryl/α,β-unsaturated/α-hetero) is 1. The molecule has 0 atom stereocenters. The van der Waals surface area contributed by atoms with Crippen LogP contribution in [0.4, 0.5) is 8.78 Å². The molecule has 6 heteroatoms. The van der Waals surface area contributed by atoms with E-state index < -0.39 is 24.1 Å². The fourth-order valence-electron chi connectivity index (χ4n) is 1.75. The lowest BCUT2D eigenvalue weighted by Crippen LogP contribution is -2.24. The summed E-state index contributed by atoms with van der Waals surface area (Å²) in [4.78, 5) is 21.8. The number of ketones is 1. The Morgan fingerprint density at radius 1 is 1.60 bits per heavy atom. The SMILES string of the molecule is Cn1c(C(=O)O)cc2c1CC(F)(F)C2=O. The minimum atomic E-state index is -3.39. The molecule has 0 radical (unpaired) electrons. The molecule has 80 valence electrons. The average Bonchev–Trinajstić information content (AvgIpc) is 2.53. The van der Waals surface area contributed by atoms with Gasteiger partial charge in [-0.15, -0.1) is 0 Å². The van der Waals surface area contributed by atoms with Crippen molar-refractivity contribution in [3.8, 4) is 0 Å². The first-order valence-electron chi connectivity index (χ1n) is 4.19. The number of halogens is 2. The Balaban J connectivity index is 2.59. The van der Waals surface area contributed by atoms with E-state index in [9.17, 15) is 18.4 Å². The zero-order valence-electron chi connectivity index (χ0n) is 7.75. The van der Waals surface area contributed by atoms with Gasteiger partial charge < -0.3 is 9.67 Å². The summed E-state index contributed by atoms with van der Waals surface area (Å²) in [5.41, 5.74) is -0.244. The van der Waals surface area contributed by atoms with Crippen LogP contribution in [0.1, 0.15) is 26.5 Å². The third-order valence-electron chi connectivity index (χ3n) is 2.54. The number of fused-ring (bicyclic) bond motifs is 1. The van der Waals surface area contributed by atoms with Crippen LogP contribution >= 0.6 is 0 Å². The highest BCUT2D eigenvalue weighted by molar-refractivity contribution is 6.07. The molecule has 1 N–H and O–H groups in total. The Morgan fingerprint density at radius 2 is 2.20 bits per heavy atom. The van der Waals surface area contributed by atoms with E-state index in [2.05, 4.69) is 0 Å². The monoisotopic (exact) mass is 215 g/mol. The lowest BCUT2D eigenvalue weighted by Gasteiger charge is -2.07. The van der Waals surface area contributed by atoms with Crippen LogP contribution in [0.3, 0.4) is 0 Å². The third-order valence-corrected chi connectivity index (χ3v) is 2.54. The number of rotatable bonds is 1. The Hall–Kier alpha value is -1.72. The van der Waals surface area contributed by atoms with Gasteiger partial charge in [-0.3, -0.25) is 4.79 Å². The van der Waals surface area contributed by atoms with Gasteiger partial charge in [-0.1, -0.05) is 0 Å². The molecule has 0 bridgehead atoms. The first-order valence-corrected chi connectivity index (χ1v) is 4.19. The van der Waals surface area contributed by atoms with E-state index in [1.807, 2.05) is 0 Å². The van der Waals surface area contributed by atoms with E-state index in [0.717, 1.165) is 10.6 Å². The predicted molar refractivity (Wildman–Crippen MR) is 45.4 cm³/mol. The molecule has 2 rings (SSSR count). The number of hydrogen-bond acceptors (Lipinski definition) is 2. The molecule has 4 nitrogen and oxygen atoms in total. The van der Waals surface area contributed by atoms with Crippen LogP contribution in [0.2, 0.25) is 0 Å². The summed E-state index contributed by atoms with van der Waals surface area (Å²) >= 11 is 0. The first-order chi connectivity index (χ1) is 6.84. The molecule has 0 unspecified atom stereocenters. The van der Waals surface area contributed by atoms with E-state index in [1.54, 1.807) is 0 Å². The first kappa shape index (κ1) is 9.82. The van der Waals surface area contributed by atoms with Crippen molar-refractivity contribution in [2.24, 2.45) is 7.05 Å². The summed E-state index contributed by atoms with van der Waals surface area (Å²) in [6.07, 6.45) is -0.717. The van der Waals surface area contributed by atoms with Gasteiger partial charge in [0, 0.05) is 18.3 Å². The minimum absolute atomic E-state index is 0.0856. The zero-order valence-corrected chi connectivity index (χ0v) is 7.75. The van der Waals surface area contributed by atoms with Gasteiger partial charge in [-0.25, -0.2) is 4.79 Å². The molecular formula is C9H7F2NO3. The number of carbonyl (C=O) groups excluding carboxylic acids is 1. The highest BCUT2D eigenvalue weighted by Gasteiger charge is 2.49. The van der Waals surface area contributed by atoms with Crippen molar-refractivity contribution in [1.82, 2.24) is 4.57 Å². The van der Waals surface area contributed by atoms with Crippen molar-refractivity contribution in [3.05, 3.63) is 23.0 Å². The summed E-state index contributed by atoms with van der Waals surface area (Å²) < 4.78 is 27.1. The van der Waals surface area contributed by atoms with E-state index in [1.165, 1.54) is 7.05 Å². The van der Waals surface area contributed by atoms with Gasteiger partial charge in [0.2, 0.25) is 5.78 Å². The van der Waals surface area contributed by atoms with Crippen molar-refractivity contribution in [2.75, 3.05) is 0 Å². The van der Waals surface area contributed by atoms with Crippen molar-refractivity contribution in [1.29, 1.82) is 0 Å². The lowest BCUT2D eigenvalue weighted by atomic mass is 10.2. The molecule has 0 saturated carbocycles. The number of carbonyl (C=O) groups is 2. The Morgan fingerprint density at radius 3 is 2.67 bits per heavy atom. The van der Waals surface area contributed by atoms with Crippen LogP contribution in [0, 0.1) is 0 Å². The quantitative estimate of drug-likeness (QED) is 0.763. The molecule has 1 aliphatic rings. The Labute approximate surface area is 83.1 Å². The number of hydrogen-bond donors (Lipinski definition) is 1. The molecule has 0 amide bonds. The Kier molecular flexibility index (Phi) is 1.74. The third kappa shape index (κ3) is 1.17. The van der Waals surface area contributed by atoms with Gasteiger partial charge >= 0.3 is 11.9 Å². The second kappa shape index (κ2) is 2.65. The fraction of sp³-hybridized carbons (Fsp3) is 0.333. The van der Waals surface area contributed by atoms with Crippen LogP contribution in [0.25, 0.3) is 0 Å². The second-order valence-electron chi connectivity index (χ2n) is 3.46. The average molecular weight is 215 g/mol. The lowest BCUT2D eigenvalue weighted by molar-refractivity contribution is 0.0160. The van der Waals surface area contributed by atoms with Crippen molar-refractivity contribution in [3.63, 3.8) is 0 Å². The van der Waals surface area contributed by atoms with E-state index in [-0.39, 0.29) is 17.0 Å². The summed E-state index contributed by atoms with van der Waals surface area (Å²) in [5.74, 6) is -5.91. The highest BCUT2D eigenvalue weighted by Crippen LogP contribution is 2.35. The number of alkyl halides is 2. The number of aromatic carboxylic acids is 1. The van der Waals surface area contributed by atoms with Gasteiger partial charge in [0.25, 0.3) is 0 Å². The highest BCUT2D eigenvalue weighted by atomic mass is 19.3. The maximum Gasteiger partial charge on any atom is 0.352 e. The van der Waals surface area contributed by atoms with Gasteiger partial charge in [0.05, 0.1) is 6.42 Å². The van der Waals surface area contributed by atoms with Gasteiger partial charge in [-0.05, 0) is 6.07 Å². The predicted octanol–water partition coefficient (Wildman–Crippen LogP) is 1.10. The standard InChI is InChI=1S/C9H7F2NO3/c1-12-5(8(14)15)2-4-6(12)3-9(10,11)7(4)13/h2H,3H2,1H3,(H,14,15). The summed E-state index contributed by atoms with van der Waals surface area (Å²) in [6, 6.07) is 1.00. The largest absolute Gasteiger partial charge is 0.477 e. The molecule has 0 aliphatic heterocycles. The van der Waals surface area contributed by atoms with Crippen LogP contribution in [0.5, 0.6) is 0 Å². The van der Waals surface area contributed by atoms with Crippen LogP contribution in [0.15, 0.2) is 6.07 Å². The smallest absolute Gasteiger partial charge is 0.352 e. The molecule has 0 spiro atoms. The maximum atomic E-state index is 13.0. The normalized spacial score (nSPS) is 17.9. The summed E-state index contributed by atoms with van der Waals surface area (Å²) in [5, 5.41) is 8.72. The number of carboxylic acid groups (broad SMARTS) is 1. The van der Waals surface area contributed by atoms with Crippen LogP contribution in [-0.2, 0) is 13.5 Å². The molecular weight excluding hydrogens is 208 g/mol. The van der Waals surface area contributed by atoms with Crippen LogP contribution in [-0.4, -0.2) is 27.3 Å². The van der Waals surface area contributed by atoms with Gasteiger partial charge in [0.15, 0.2) is 0 Å². The zero-order chi connectivity index (χ0) is 11.4. The number of aromatic nitrogens is 1. The van der Waals surface area contributed by atoms with E-state index in [0.29, 0.717) is 0 Å². The number of carboxylic acids is 1. The van der Waals surface area contributed by atoms with Gasteiger partial charge in [-0.2, -0.15) is 8.78 Å². The molecule has 0 fully saturated rings. The van der Waals surface area contributed by atoms with Crippen molar-refractivity contribution in [2.45, 2.75) is 12.3 Å². The van der Waals surface area contributed by atoms with Crippen LogP contribution < -0.4 is 0 Å². The molecule has 1 aliphatic carbocycles. The van der Waals surface area contributed by atoms with E-state index >= 15 is 0 Å². The molecule has 1 aromatic heterocycles. The maximum absolute atomic E-state index is 13.0. The minimum Gasteiger partial charge on any atom is -0.477 e. The molecule has 15 heavy (non-hydrogen) atoms. The second-order valence-corrected chi connectivity index (χ2v) is 3.46. The number of nitrogens with zero attached hydrogens (tertiary/aromatic N) is 1. The van der Waals surface area contributed by atoms with Crippen molar-refractivity contribution >= 4 is 11.8 Å². The summed E-state index contributed by atoms with van der Waals surface area (Å²) in [7, 11) is 1.36. The van der Waals surface area contributed by atoms with Gasteiger partial charge in [0.1, 0.15) is 5.69 Å². The van der Waals surface area contributed by atoms with E-state index in [4.69, 9.17) is 5.11 Å². The Bertz CT molecular complexity index is 476. The van der Waals surface area contributed by atoms with Crippen molar-refractivity contribution < 1.29 is 23.5 Å².